The van der Waals surface area contributed by atoms with E-state index in [4.69, 9.17) is 16.3 Å². The maximum atomic E-state index is 12.3. The Hall–Kier alpha value is -2.66. The number of hydrogen-bond acceptors (Lipinski definition) is 4. The number of hydrogen-bond donors (Lipinski definition) is 0. The van der Waals surface area contributed by atoms with E-state index >= 15 is 0 Å². The summed E-state index contributed by atoms with van der Waals surface area (Å²) in [7, 11) is 0. The molecule has 2 aromatic rings. The van der Waals surface area contributed by atoms with E-state index in [2.05, 4.69) is 0 Å². The van der Waals surface area contributed by atoms with Crippen LogP contribution in [0.5, 0.6) is 0 Å². The van der Waals surface area contributed by atoms with E-state index in [1.807, 2.05) is 31.2 Å². The lowest BCUT2D eigenvalue weighted by molar-refractivity contribution is -0.147. The molecule has 3 rings (SSSR count). The fraction of sp³-hybridized carbons (Fsp3) is 0.250. The number of amides is 1. The molecule has 0 spiro atoms. The van der Waals surface area contributed by atoms with E-state index in [1.165, 1.54) is 0 Å². The number of benzene rings is 2. The summed E-state index contributed by atoms with van der Waals surface area (Å²) in [5.74, 6) is -1.53. The zero-order valence-corrected chi connectivity index (χ0v) is 15.0. The molecular formula is C20H18ClNO4. The van der Waals surface area contributed by atoms with Gasteiger partial charge in [0.25, 0.3) is 0 Å². The molecule has 1 heterocycles. The first kappa shape index (κ1) is 18.1. The highest BCUT2D eigenvalue weighted by atomic mass is 35.5. The van der Waals surface area contributed by atoms with Crippen molar-refractivity contribution < 1.29 is 19.1 Å². The van der Waals surface area contributed by atoms with Gasteiger partial charge >= 0.3 is 5.97 Å². The molecule has 1 saturated heterocycles. The van der Waals surface area contributed by atoms with Crippen LogP contribution in [0.3, 0.4) is 0 Å². The van der Waals surface area contributed by atoms with Gasteiger partial charge in [0.1, 0.15) is 0 Å². The van der Waals surface area contributed by atoms with Gasteiger partial charge < -0.3 is 9.64 Å². The Labute approximate surface area is 156 Å². The Morgan fingerprint density at radius 2 is 1.85 bits per heavy atom. The number of anilines is 1. The number of carbonyl (C=O) groups excluding carboxylic acids is 3. The Bertz CT molecular complexity index is 847. The monoisotopic (exact) mass is 371 g/mol. The maximum absolute atomic E-state index is 12.3. The maximum Gasteiger partial charge on any atom is 0.311 e. The van der Waals surface area contributed by atoms with E-state index in [-0.39, 0.29) is 31.3 Å². The minimum absolute atomic E-state index is 0.0856. The lowest BCUT2D eigenvalue weighted by atomic mass is 10.1. The molecule has 1 amide bonds. The number of para-hydroxylation sites is 1. The van der Waals surface area contributed by atoms with Gasteiger partial charge in [-0.25, -0.2) is 0 Å². The molecule has 2 aromatic carbocycles. The molecule has 0 radical (unpaired) electrons. The number of rotatable bonds is 5. The van der Waals surface area contributed by atoms with Crippen molar-refractivity contribution in [3.63, 3.8) is 0 Å². The van der Waals surface area contributed by atoms with Crippen LogP contribution >= 0.6 is 11.6 Å². The first-order chi connectivity index (χ1) is 12.5. The first-order valence-corrected chi connectivity index (χ1v) is 8.65. The van der Waals surface area contributed by atoms with Crippen molar-refractivity contribution in [1.82, 2.24) is 0 Å². The van der Waals surface area contributed by atoms with Gasteiger partial charge in [-0.2, -0.15) is 0 Å². The SMILES string of the molecule is Cc1ccccc1N1C[C@H](C(=O)OCC(=O)c2ccc(Cl)cc2)CC1=O. The number of carbonyl (C=O) groups is 3. The van der Waals surface area contributed by atoms with E-state index in [1.54, 1.807) is 29.2 Å². The smallest absolute Gasteiger partial charge is 0.311 e. The normalized spacial score (nSPS) is 16.6. The molecule has 5 nitrogen and oxygen atoms in total. The molecule has 1 fully saturated rings. The zero-order chi connectivity index (χ0) is 18.7. The van der Waals surface area contributed by atoms with Gasteiger partial charge in [0.05, 0.1) is 5.92 Å². The lowest BCUT2D eigenvalue weighted by Gasteiger charge is -2.18. The molecule has 0 unspecified atom stereocenters. The van der Waals surface area contributed by atoms with Gasteiger partial charge in [-0.1, -0.05) is 29.8 Å². The number of Topliss-reactive ketones (excluding diaryl/α,β-unsaturated/α-hetero) is 1. The summed E-state index contributed by atoms with van der Waals surface area (Å²) in [4.78, 5) is 38.2. The number of esters is 1. The molecular weight excluding hydrogens is 354 g/mol. The van der Waals surface area contributed by atoms with Crippen LogP contribution in [-0.2, 0) is 14.3 Å². The second-order valence-corrected chi connectivity index (χ2v) is 6.67. The van der Waals surface area contributed by atoms with Crippen LogP contribution < -0.4 is 4.90 Å². The predicted octanol–water partition coefficient (Wildman–Crippen LogP) is 3.43. The van der Waals surface area contributed by atoms with Crippen molar-refractivity contribution >= 4 is 34.9 Å². The summed E-state index contributed by atoms with van der Waals surface area (Å²) in [6.45, 7) is 1.83. The standard InChI is InChI=1S/C20H18ClNO4/c1-13-4-2-3-5-17(13)22-11-15(10-19(22)24)20(25)26-12-18(23)14-6-8-16(21)9-7-14/h2-9,15H,10-12H2,1H3/t15-/m1/s1. The number of halogens is 1. The topological polar surface area (TPSA) is 63.7 Å². The fourth-order valence-corrected chi connectivity index (χ4v) is 3.06. The third-order valence-electron chi connectivity index (χ3n) is 4.38. The van der Waals surface area contributed by atoms with Crippen molar-refractivity contribution in [1.29, 1.82) is 0 Å². The molecule has 1 atom stereocenters. The summed E-state index contributed by atoms with van der Waals surface area (Å²) in [6.07, 6.45) is 0.0856. The number of ether oxygens (including phenoxy) is 1. The molecule has 0 N–H and O–H groups in total. The highest BCUT2D eigenvalue weighted by Gasteiger charge is 2.36. The van der Waals surface area contributed by atoms with Crippen molar-refractivity contribution in [3.8, 4) is 0 Å². The average Bonchev–Trinajstić information content (AvgIpc) is 3.02. The molecule has 0 aliphatic carbocycles. The third-order valence-corrected chi connectivity index (χ3v) is 4.63. The largest absolute Gasteiger partial charge is 0.457 e. The van der Waals surface area contributed by atoms with Crippen LogP contribution in [0.15, 0.2) is 48.5 Å². The van der Waals surface area contributed by atoms with E-state index < -0.39 is 11.9 Å². The van der Waals surface area contributed by atoms with Crippen molar-refractivity contribution in [2.24, 2.45) is 5.92 Å². The molecule has 0 saturated carbocycles. The van der Waals surface area contributed by atoms with Crippen LogP contribution in [-0.4, -0.2) is 30.8 Å². The summed E-state index contributed by atoms with van der Waals surface area (Å²) in [5.41, 5.74) is 2.18. The summed E-state index contributed by atoms with van der Waals surface area (Å²) in [6, 6.07) is 13.9. The van der Waals surface area contributed by atoms with Crippen LogP contribution in [0.2, 0.25) is 5.02 Å². The van der Waals surface area contributed by atoms with Crippen molar-refractivity contribution in [2.45, 2.75) is 13.3 Å². The first-order valence-electron chi connectivity index (χ1n) is 8.27. The highest BCUT2D eigenvalue weighted by Crippen LogP contribution is 2.28. The zero-order valence-electron chi connectivity index (χ0n) is 14.3. The highest BCUT2D eigenvalue weighted by molar-refractivity contribution is 6.30. The van der Waals surface area contributed by atoms with Crippen molar-refractivity contribution in [2.75, 3.05) is 18.1 Å². The Morgan fingerprint density at radius 1 is 1.15 bits per heavy atom. The predicted molar refractivity (Wildman–Crippen MR) is 98.4 cm³/mol. The van der Waals surface area contributed by atoms with Gasteiger partial charge in [0.15, 0.2) is 12.4 Å². The molecule has 134 valence electrons. The Morgan fingerprint density at radius 3 is 2.54 bits per heavy atom. The number of nitrogens with zero attached hydrogens (tertiary/aromatic N) is 1. The second-order valence-electron chi connectivity index (χ2n) is 6.23. The minimum atomic E-state index is -0.569. The van der Waals surface area contributed by atoms with Crippen LogP contribution in [0.25, 0.3) is 0 Å². The summed E-state index contributed by atoms with van der Waals surface area (Å²) in [5, 5.41) is 0.527. The second kappa shape index (κ2) is 7.70. The van der Waals surface area contributed by atoms with Gasteiger partial charge in [0.2, 0.25) is 5.91 Å². The summed E-state index contributed by atoms with van der Waals surface area (Å²) < 4.78 is 5.13. The van der Waals surface area contributed by atoms with E-state index in [9.17, 15) is 14.4 Å². The lowest BCUT2D eigenvalue weighted by Crippen LogP contribution is -2.27. The molecule has 1 aliphatic heterocycles. The van der Waals surface area contributed by atoms with Crippen LogP contribution in [0, 0.1) is 12.8 Å². The molecule has 1 aliphatic rings. The van der Waals surface area contributed by atoms with Crippen LogP contribution in [0.4, 0.5) is 5.69 Å². The van der Waals surface area contributed by atoms with Crippen molar-refractivity contribution in [3.05, 3.63) is 64.7 Å². The number of ketones is 1. The third kappa shape index (κ3) is 3.94. The molecule has 0 aromatic heterocycles. The van der Waals surface area contributed by atoms with E-state index in [0.29, 0.717) is 10.6 Å². The Balaban J connectivity index is 1.59. The Kier molecular flexibility index (Phi) is 5.38. The van der Waals surface area contributed by atoms with Gasteiger partial charge in [-0.3, -0.25) is 14.4 Å². The average molecular weight is 372 g/mol. The van der Waals surface area contributed by atoms with Gasteiger partial charge in [0, 0.05) is 29.2 Å². The van der Waals surface area contributed by atoms with Gasteiger partial charge in [-0.15, -0.1) is 0 Å². The van der Waals surface area contributed by atoms with E-state index in [0.717, 1.165) is 11.3 Å². The molecule has 26 heavy (non-hydrogen) atoms. The fourth-order valence-electron chi connectivity index (χ4n) is 2.94. The molecule has 6 heteroatoms. The van der Waals surface area contributed by atoms with Gasteiger partial charge in [-0.05, 0) is 42.8 Å². The number of aryl methyl sites for hydroxylation is 1. The summed E-state index contributed by atoms with van der Waals surface area (Å²) >= 11 is 5.79. The quantitative estimate of drug-likeness (QED) is 0.596. The molecule has 0 bridgehead atoms. The minimum Gasteiger partial charge on any atom is -0.457 e. The van der Waals surface area contributed by atoms with Crippen LogP contribution in [0.1, 0.15) is 22.3 Å².